The number of anilines is 1. The van der Waals surface area contributed by atoms with Crippen molar-refractivity contribution in [3.05, 3.63) is 18.5 Å². The lowest BCUT2D eigenvalue weighted by Gasteiger charge is -2.38. The summed E-state index contributed by atoms with van der Waals surface area (Å²) in [5, 5.41) is 4.20. The fourth-order valence-corrected chi connectivity index (χ4v) is 2.64. The molecule has 7 nitrogen and oxygen atoms in total. The molecule has 2 aromatic rings. The molecule has 1 aliphatic heterocycles. The average Bonchev–Trinajstić information content (AvgIpc) is 2.91. The van der Waals surface area contributed by atoms with Crippen molar-refractivity contribution in [2.45, 2.75) is 19.4 Å². The second-order valence-electron chi connectivity index (χ2n) is 5.96. The van der Waals surface area contributed by atoms with Crippen LogP contribution < -0.4 is 9.64 Å². The van der Waals surface area contributed by atoms with E-state index >= 15 is 0 Å². The first kappa shape index (κ1) is 14.8. The third-order valence-electron chi connectivity index (χ3n) is 3.73. The highest BCUT2D eigenvalue weighted by molar-refractivity contribution is 5.63. The Morgan fingerprint density at radius 1 is 1.36 bits per heavy atom. The van der Waals surface area contributed by atoms with Crippen LogP contribution >= 0.6 is 0 Å². The molecule has 1 fully saturated rings. The van der Waals surface area contributed by atoms with E-state index in [1.165, 1.54) is 0 Å². The van der Waals surface area contributed by atoms with Crippen molar-refractivity contribution in [1.82, 2.24) is 19.7 Å². The van der Waals surface area contributed by atoms with Crippen LogP contribution in [0.4, 0.5) is 5.95 Å². The molecule has 3 rings (SSSR count). The summed E-state index contributed by atoms with van der Waals surface area (Å²) in [6.07, 6.45) is 3.46. The molecule has 0 amide bonds. The van der Waals surface area contributed by atoms with Gasteiger partial charge in [0.25, 0.3) is 0 Å². The molecule has 7 heteroatoms. The number of ether oxygens (including phenoxy) is 2. The van der Waals surface area contributed by atoms with E-state index in [4.69, 9.17) is 14.5 Å². The predicted molar refractivity (Wildman–Crippen MR) is 83.0 cm³/mol. The minimum absolute atomic E-state index is 0.200. The van der Waals surface area contributed by atoms with Crippen molar-refractivity contribution in [3.8, 4) is 17.1 Å². The Balaban J connectivity index is 1.99. The van der Waals surface area contributed by atoms with Crippen LogP contribution in [0.3, 0.4) is 0 Å². The Morgan fingerprint density at radius 2 is 2.18 bits per heavy atom. The van der Waals surface area contributed by atoms with E-state index in [-0.39, 0.29) is 5.60 Å². The zero-order chi connectivity index (χ0) is 15.7. The molecule has 0 N–H and O–H groups in total. The molecule has 118 valence electrons. The van der Waals surface area contributed by atoms with Gasteiger partial charge in [0, 0.05) is 26.3 Å². The van der Waals surface area contributed by atoms with E-state index in [0.717, 1.165) is 24.5 Å². The highest BCUT2D eigenvalue weighted by Gasteiger charge is 2.29. The Labute approximate surface area is 129 Å². The molecule has 2 aromatic heterocycles. The highest BCUT2D eigenvalue weighted by atomic mass is 16.5. The first-order valence-corrected chi connectivity index (χ1v) is 7.28. The quantitative estimate of drug-likeness (QED) is 0.856. The number of hydrogen-bond donors (Lipinski definition) is 0. The standard InChI is InChI=1S/C15H21N5O2/c1-15(2)10-20(7-8-22-15)14-16-9-12(21-4)13(18-14)11-5-6-17-19(11)3/h5-6,9H,7-8,10H2,1-4H3. The number of hydrogen-bond acceptors (Lipinski definition) is 6. The first-order chi connectivity index (χ1) is 10.5. The average molecular weight is 303 g/mol. The highest BCUT2D eigenvalue weighted by Crippen LogP contribution is 2.29. The van der Waals surface area contributed by atoms with Gasteiger partial charge in [0.15, 0.2) is 5.75 Å². The number of nitrogens with zero attached hydrogens (tertiary/aromatic N) is 5. The molecule has 22 heavy (non-hydrogen) atoms. The van der Waals surface area contributed by atoms with Crippen LogP contribution in [-0.4, -0.2) is 52.2 Å². The van der Waals surface area contributed by atoms with Crippen LogP contribution in [0.2, 0.25) is 0 Å². The molecule has 0 bridgehead atoms. The maximum Gasteiger partial charge on any atom is 0.226 e. The largest absolute Gasteiger partial charge is 0.493 e. The molecule has 0 spiro atoms. The molecule has 3 heterocycles. The summed E-state index contributed by atoms with van der Waals surface area (Å²) >= 11 is 0. The maximum absolute atomic E-state index is 5.75. The normalized spacial score (nSPS) is 17.5. The zero-order valence-corrected chi connectivity index (χ0v) is 13.4. The third-order valence-corrected chi connectivity index (χ3v) is 3.73. The summed E-state index contributed by atoms with van der Waals surface area (Å²) in [6.45, 7) is 6.35. The van der Waals surface area contributed by atoms with E-state index < -0.39 is 0 Å². The molecule has 1 aliphatic rings. The van der Waals surface area contributed by atoms with E-state index in [1.54, 1.807) is 24.2 Å². The van der Waals surface area contributed by atoms with Crippen LogP contribution in [0.1, 0.15) is 13.8 Å². The molecule has 0 saturated carbocycles. The SMILES string of the molecule is COc1cnc(N2CCOC(C)(C)C2)nc1-c1ccnn1C. The van der Waals surface area contributed by atoms with E-state index in [0.29, 0.717) is 18.3 Å². The van der Waals surface area contributed by atoms with Crippen molar-refractivity contribution in [2.75, 3.05) is 31.7 Å². The summed E-state index contributed by atoms with van der Waals surface area (Å²) in [4.78, 5) is 11.3. The Morgan fingerprint density at radius 3 is 2.82 bits per heavy atom. The third kappa shape index (κ3) is 2.76. The molecular weight excluding hydrogens is 282 g/mol. The fraction of sp³-hybridized carbons (Fsp3) is 0.533. The number of morpholine rings is 1. The van der Waals surface area contributed by atoms with Crippen molar-refractivity contribution in [2.24, 2.45) is 7.05 Å². The van der Waals surface area contributed by atoms with Crippen molar-refractivity contribution in [1.29, 1.82) is 0 Å². The smallest absolute Gasteiger partial charge is 0.226 e. The van der Waals surface area contributed by atoms with Gasteiger partial charge in [-0.05, 0) is 19.9 Å². The minimum Gasteiger partial charge on any atom is -0.493 e. The van der Waals surface area contributed by atoms with Gasteiger partial charge in [0.2, 0.25) is 5.95 Å². The van der Waals surface area contributed by atoms with E-state index in [2.05, 4.69) is 28.8 Å². The minimum atomic E-state index is -0.200. The summed E-state index contributed by atoms with van der Waals surface area (Å²) < 4.78 is 12.9. The van der Waals surface area contributed by atoms with E-state index in [1.807, 2.05) is 13.1 Å². The molecule has 0 unspecified atom stereocenters. The van der Waals surface area contributed by atoms with Gasteiger partial charge in [0.1, 0.15) is 5.69 Å². The van der Waals surface area contributed by atoms with Gasteiger partial charge < -0.3 is 14.4 Å². The molecule has 0 aliphatic carbocycles. The Bertz CT molecular complexity index is 668. The number of aromatic nitrogens is 4. The van der Waals surface area contributed by atoms with Gasteiger partial charge in [-0.25, -0.2) is 9.97 Å². The van der Waals surface area contributed by atoms with Crippen molar-refractivity contribution < 1.29 is 9.47 Å². The summed E-state index contributed by atoms with van der Waals surface area (Å²) in [5.41, 5.74) is 1.44. The fourth-order valence-electron chi connectivity index (χ4n) is 2.64. The second kappa shape index (κ2) is 5.57. The monoisotopic (exact) mass is 303 g/mol. The zero-order valence-electron chi connectivity index (χ0n) is 13.4. The van der Waals surface area contributed by atoms with Crippen molar-refractivity contribution in [3.63, 3.8) is 0 Å². The van der Waals surface area contributed by atoms with E-state index in [9.17, 15) is 0 Å². The Kier molecular flexibility index (Phi) is 3.74. The number of rotatable bonds is 3. The second-order valence-corrected chi connectivity index (χ2v) is 5.96. The van der Waals surface area contributed by atoms with Crippen LogP contribution in [0.25, 0.3) is 11.4 Å². The maximum atomic E-state index is 5.75. The number of aryl methyl sites for hydroxylation is 1. The molecular formula is C15H21N5O2. The van der Waals surface area contributed by atoms with Gasteiger partial charge >= 0.3 is 0 Å². The van der Waals surface area contributed by atoms with Crippen molar-refractivity contribution >= 4 is 5.95 Å². The van der Waals surface area contributed by atoms with Gasteiger partial charge in [-0.3, -0.25) is 4.68 Å². The first-order valence-electron chi connectivity index (χ1n) is 7.28. The van der Waals surface area contributed by atoms with Gasteiger partial charge in [0.05, 0.1) is 31.2 Å². The number of methoxy groups -OCH3 is 1. The molecule has 0 radical (unpaired) electrons. The van der Waals surface area contributed by atoms with Gasteiger partial charge in [-0.15, -0.1) is 0 Å². The summed E-state index contributed by atoms with van der Waals surface area (Å²) in [6, 6.07) is 1.91. The predicted octanol–water partition coefficient (Wildman–Crippen LogP) is 1.50. The molecule has 1 saturated heterocycles. The topological polar surface area (TPSA) is 65.3 Å². The molecule has 0 atom stereocenters. The van der Waals surface area contributed by atoms with Crippen LogP contribution in [0, 0.1) is 0 Å². The van der Waals surface area contributed by atoms with Crippen LogP contribution in [0.5, 0.6) is 5.75 Å². The van der Waals surface area contributed by atoms with Gasteiger partial charge in [-0.1, -0.05) is 0 Å². The van der Waals surface area contributed by atoms with Crippen LogP contribution in [0.15, 0.2) is 18.5 Å². The summed E-state index contributed by atoms with van der Waals surface area (Å²) in [5.74, 6) is 1.33. The van der Waals surface area contributed by atoms with Gasteiger partial charge in [-0.2, -0.15) is 5.10 Å². The Hall–Kier alpha value is -2.15. The lowest BCUT2D eigenvalue weighted by Crippen LogP contribution is -2.49. The lowest BCUT2D eigenvalue weighted by molar-refractivity contribution is -0.0281. The lowest BCUT2D eigenvalue weighted by atomic mass is 10.1. The molecule has 0 aromatic carbocycles. The van der Waals surface area contributed by atoms with Crippen LogP contribution in [-0.2, 0) is 11.8 Å². The summed E-state index contributed by atoms with van der Waals surface area (Å²) in [7, 11) is 3.50.